The Morgan fingerprint density at radius 3 is 2.76 bits per heavy atom. The van der Waals surface area contributed by atoms with Gasteiger partial charge in [0.2, 0.25) is 0 Å². The number of H-pyrrole nitrogens is 2. The molecule has 1 aromatic carbocycles. The maximum Gasteiger partial charge on any atom is 0.161 e. The zero-order valence-corrected chi connectivity index (χ0v) is 21.9. The van der Waals surface area contributed by atoms with Crippen LogP contribution in [0.3, 0.4) is 0 Å². The summed E-state index contributed by atoms with van der Waals surface area (Å²) in [6, 6.07) is 9.21. The van der Waals surface area contributed by atoms with E-state index in [0.717, 1.165) is 11.1 Å². The van der Waals surface area contributed by atoms with E-state index in [1.165, 1.54) is 0 Å². The molecule has 6 rings (SSSR count). The normalized spacial score (nSPS) is 12.9. The van der Waals surface area contributed by atoms with Crippen LogP contribution in [0, 0.1) is 11.2 Å². The molecule has 0 fully saturated rings. The van der Waals surface area contributed by atoms with Gasteiger partial charge in [0, 0.05) is 29.1 Å². The fourth-order valence-electron chi connectivity index (χ4n) is 4.63. The first-order chi connectivity index (χ1) is 18.3. The largest absolute Gasteiger partial charge is 0.374 e. The Kier molecular flexibility index (Phi) is 5.93. The molecule has 5 aromatic heterocycles. The third kappa shape index (κ3) is 4.52. The third-order valence-electron chi connectivity index (χ3n) is 6.30. The van der Waals surface area contributed by atoms with Crippen molar-refractivity contribution in [1.29, 1.82) is 0 Å². The van der Waals surface area contributed by atoms with E-state index < -0.39 is 12.0 Å². The predicted molar refractivity (Wildman–Crippen MR) is 149 cm³/mol. The molecular weight excluding hydrogens is 501 g/mol. The molecule has 0 amide bonds. The molecule has 0 saturated heterocycles. The Balaban J connectivity index is 1.40. The van der Waals surface area contributed by atoms with Gasteiger partial charge in [0.25, 0.3) is 0 Å². The van der Waals surface area contributed by atoms with Crippen LogP contribution in [0.1, 0.15) is 27.2 Å². The Bertz CT molecular complexity index is 1750. The number of fused-ring (bicyclic) bond motifs is 2. The number of halogens is 1. The molecule has 0 saturated carbocycles. The number of rotatable bonds is 6. The van der Waals surface area contributed by atoms with E-state index >= 15 is 4.39 Å². The summed E-state index contributed by atoms with van der Waals surface area (Å²) in [5, 5.41) is 25.2. The van der Waals surface area contributed by atoms with Crippen LogP contribution in [0.15, 0.2) is 59.7 Å². The first kappa shape index (κ1) is 24.2. The maximum atomic E-state index is 16.1. The first-order valence-corrected chi connectivity index (χ1v) is 13.2. The van der Waals surface area contributed by atoms with Gasteiger partial charge in [-0.05, 0) is 58.5 Å². The van der Waals surface area contributed by atoms with Crippen molar-refractivity contribution in [3.8, 4) is 33.8 Å². The molecule has 0 spiro atoms. The van der Waals surface area contributed by atoms with Crippen LogP contribution in [0.4, 0.5) is 10.1 Å². The second kappa shape index (κ2) is 9.30. The van der Waals surface area contributed by atoms with Crippen molar-refractivity contribution < 1.29 is 9.50 Å². The minimum atomic E-state index is -0.750. The monoisotopic (exact) mass is 527 g/mol. The van der Waals surface area contributed by atoms with Crippen molar-refractivity contribution in [3.05, 3.63) is 65.5 Å². The summed E-state index contributed by atoms with van der Waals surface area (Å²) in [7, 11) is 0. The van der Waals surface area contributed by atoms with Gasteiger partial charge < -0.3 is 15.4 Å². The number of hydrogen-bond acceptors (Lipinski definition) is 7. The summed E-state index contributed by atoms with van der Waals surface area (Å²) in [6.45, 7) is 6.17. The topological polar surface area (TPSA) is 115 Å². The quantitative estimate of drug-likeness (QED) is 0.182. The highest BCUT2D eigenvalue weighted by Crippen LogP contribution is 2.36. The number of benzene rings is 1. The molecule has 0 aliphatic rings. The molecule has 0 bridgehead atoms. The van der Waals surface area contributed by atoms with Gasteiger partial charge in [0.1, 0.15) is 23.3 Å². The van der Waals surface area contributed by atoms with E-state index in [1.54, 1.807) is 48.1 Å². The lowest BCUT2D eigenvalue weighted by Gasteiger charge is -2.23. The number of imidazole rings is 1. The van der Waals surface area contributed by atoms with Crippen molar-refractivity contribution in [2.45, 2.75) is 33.4 Å². The lowest BCUT2D eigenvalue weighted by atomic mass is 9.91. The second-order valence-electron chi connectivity index (χ2n) is 10.5. The van der Waals surface area contributed by atoms with Crippen molar-refractivity contribution in [3.63, 3.8) is 0 Å². The van der Waals surface area contributed by atoms with Crippen molar-refractivity contribution in [2.75, 3.05) is 5.32 Å². The Labute approximate surface area is 222 Å². The van der Waals surface area contributed by atoms with Gasteiger partial charge in [-0.15, -0.1) is 0 Å². The molecule has 0 radical (unpaired) electrons. The molecule has 4 N–H and O–H groups in total. The van der Waals surface area contributed by atoms with Crippen LogP contribution in [0.5, 0.6) is 0 Å². The fourth-order valence-corrected chi connectivity index (χ4v) is 5.29. The minimum absolute atomic E-state index is 0.0526. The molecule has 1 atom stereocenters. The molecule has 10 heteroatoms. The number of aliphatic hydroxyl groups excluding tert-OH is 1. The fraction of sp³-hybridized carbons (Fsp3) is 0.214. The number of nitrogens with zero attached hydrogens (tertiary/aromatic N) is 4. The van der Waals surface area contributed by atoms with E-state index in [1.807, 2.05) is 17.5 Å². The summed E-state index contributed by atoms with van der Waals surface area (Å²) in [5.41, 5.74) is 5.73. The average molecular weight is 528 g/mol. The van der Waals surface area contributed by atoms with Gasteiger partial charge in [-0.2, -0.15) is 16.4 Å². The number of pyridine rings is 2. The molecule has 38 heavy (non-hydrogen) atoms. The number of aliphatic hydroxyl groups is 1. The predicted octanol–water partition coefficient (Wildman–Crippen LogP) is 6.60. The minimum Gasteiger partial charge on any atom is -0.374 e. The van der Waals surface area contributed by atoms with Crippen molar-refractivity contribution in [1.82, 2.24) is 30.1 Å². The van der Waals surface area contributed by atoms with Crippen LogP contribution in [0.2, 0.25) is 0 Å². The molecule has 6 aromatic rings. The standard InChI is InChI=1S/C28H26FN7OS/c1-28(2,3)11-21(37)32-17-10-16(12-30-13-17)18-4-5-20-22(23(18)29)25(36-35-20)27-33-24-19(15-7-9-38-14-15)6-8-31-26(24)34-27/h4-10,12-14,21,32,37H,11H2,1-3H3,(H,35,36)(H,31,33,34). The van der Waals surface area contributed by atoms with E-state index in [4.69, 9.17) is 4.98 Å². The number of aromatic nitrogens is 6. The van der Waals surface area contributed by atoms with E-state index in [0.29, 0.717) is 56.8 Å². The number of hydrogen-bond donors (Lipinski definition) is 4. The van der Waals surface area contributed by atoms with Gasteiger partial charge in [-0.1, -0.05) is 20.8 Å². The van der Waals surface area contributed by atoms with Gasteiger partial charge in [-0.25, -0.2) is 14.4 Å². The van der Waals surface area contributed by atoms with Gasteiger partial charge in [0.05, 0.1) is 22.8 Å². The molecule has 0 aliphatic carbocycles. The highest BCUT2D eigenvalue weighted by molar-refractivity contribution is 7.08. The average Bonchev–Trinajstić information content (AvgIpc) is 3.62. The number of aromatic amines is 2. The lowest BCUT2D eigenvalue weighted by Crippen LogP contribution is -2.25. The summed E-state index contributed by atoms with van der Waals surface area (Å²) < 4.78 is 16.1. The lowest BCUT2D eigenvalue weighted by molar-refractivity contribution is 0.145. The number of anilines is 1. The Hall–Kier alpha value is -4.15. The molecule has 192 valence electrons. The molecular formula is C28H26FN7OS. The third-order valence-corrected chi connectivity index (χ3v) is 6.98. The smallest absolute Gasteiger partial charge is 0.161 e. The van der Waals surface area contributed by atoms with Crippen molar-refractivity contribution in [2.24, 2.45) is 5.41 Å². The Morgan fingerprint density at radius 1 is 1.11 bits per heavy atom. The Morgan fingerprint density at radius 2 is 1.97 bits per heavy atom. The van der Waals surface area contributed by atoms with Gasteiger partial charge in [-0.3, -0.25) is 10.1 Å². The summed E-state index contributed by atoms with van der Waals surface area (Å²) in [5.74, 6) is -0.0109. The van der Waals surface area contributed by atoms with Gasteiger partial charge >= 0.3 is 0 Å². The molecule has 1 unspecified atom stereocenters. The van der Waals surface area contributed by atoms with Crippen LogP contribution in [-0.4, -0.2) is 41.5 Å². The summed E-state index contributed by atoms with van der Waals surface area (Å²) >= 11 is 1.61. The first-order valence-electron chi connectivity index (χ1n) is 12.2. The van der Waals surface area contributed by atoms with Crippen LogP contribution < -0.4 is 5.32 Å². The van der Waals surface area contributed by atoms with E-state index in [-0.39, 0.29) is 5.41 Å². The van der Waals surface area contributed by atoms with E-state index in [9.17, 15) is 5.11 Å². The van der Waals surface area contributed by atoms with Crippen molar-refractivity contribution >= 4 is 39.1 Å². The van der Waals surface area contributed by atoms with Crippen LogP contribution >= 0.6 is 11.3 Å². The molecule has 5 heterocycles. The highest BCUT2D eigenvalue weighted by atomic mass is 32.1. The number of nitrogens with one attached hydrogen (secondary N) is 3. The molecule has 8 nitrogen and oxygen atoms in total. The highest BCUT2D eigenvalue weighted by Gasteiger charge is 2.21. The van der Waals surface area contributed by atoms with E-state index in [2.05, 4.69) is 56.6 Å². The number of thiophene rings is 1. The summed E-state index contributed by atoms with van der Waals surface area (Å²) in [4.78, 5) is 16.7. The SMILES string of the molecule is CC(C)(C)CC(O)Nc1cncc(-c2ccc3[nH]nc(-c4nc5c(-c6ccsc6)ccnc5[nH]4)c3c2F)c1. The second-order valence-corrected chi connectivity index (χ2v) is 11.2. The van der Waals surface area contributed by atoms with Gasteiger partial charge in [0.15, 0.2) is 11.5 Å². The zero-order chi connectivity index (χ0) is 26.4. The summed E-state index contributed by atoms with van der Waals surface area (Å²) in [6.07, 6.45) is 4.74. The zero-order valence-electron chi connectivity index (χ0n) is 21.1. The maximum absolute atomic E-state index is 16.1. The molecule has 0 aliphatic heterocycles. The van der Waals surface area contributed by atoms with Crippen LogP contribution in [0.25, 0.3) is 55.8 Å². The van der Waals surface area contributed by atoms with Crippen LogP contribution in [-0.2, 0) is 0 Å².